The maximum atomic E-state index is 12.3. The van der Waals surface area contributed by atoms with Crippen LogP contribution in [0.3, 0.4) is 0 Å². The van der Waals surface area contributed by atoms with Gasteiger partial charge in [-0.05, 0) is 34.4 Å². The minimum Gasteiger partial charge on any atom is -0.545 e. The van der Waals surface area contributed by atoms with Crippen molar-refractivity contribution < 1.29 is 18.3 Å². The molecule has 1 heterocycles. The Morgan fingerprint density at radius 2 is 1.73 bits per heavy atom. The van der Waals surface area contributed by atoms with Crippen molar-refractivity contribution in [3.63, 3.8) is 0 Å². The first-order valence-corrected chi connectivity index (χ1v) is 8.64. The van der Waals surface area contributed by atoms with E-state index in [1.807, 2.05) is 0 Å². The first-order chi connectivity index (χ1) is 10.5. The number of fused-ring (bicyclic) bond motifs is 1. The highest BCUT2D eigenvalue weighted by molar-refractivity contribution is 7.94. The van der Waals surface area contributed by atoms with E-state index in [0.29, 0.717) is 5.39 Å². The molecule has 0 aliphatic heterocycles. The number of aromatic carboxylic acids is 1. The standard InChI is InChI=1S/C15H11NO4S2/c17-15(18)12-8-10-4-1-2-5-11(10)9-13(12)16-22(19,20)14-6-3-7-21-14/h1-9,16H,(H,17,18)/p-1. The lowest BCUT2D eigenvalue weighted by Crippen LogP contribution is -2.24. The molecule has 1 N–H and O–H groups in total. The molecule has 0 saturated carbocycles. The zero-order chi connectivity index (χ0) is 15.7. The number of carbonyl (C=O) groups excluding carboxylic acids is 1. The highest BCUT2D eigenvalue weighted by Gasteiger charge is 2.17. The zero-order valence-electron chi connectivity index (χ0n) is 11.1. The summed E-state index contributed by atoms with van der Waals surface area (Å²) in [6, 6.07) is 13.0. The van der Waals surface area contributed by atoms with Crippen LogP contribution in [0, 0.1) is 0 Å². The van der Waals surface area contributed by atoms with Gasteiger partial charge in [0, 0.05) is 5.56 Å². The molecule has 3 rings (SSSR count). The van der Waals surface area contributed by atoms with Gasteiger partial charge in [0.1, 0.15) is 4.21 Å². The molecule has 0 fully saturated rings. The normalized spacial score (nSPS) is 11.5. The molecular formula is C15H10NO4S2-. The van der Waals surface area contributed by atoms with Crippen LogP contribution in [0.2, 0.25) is 0 Å². The Hall–Kier alpha value is -2.38. The van der Waals surface area contributed by atoms with E-state index in [9.17, 15) is 18.3 Å². The fourth-order valence-electron chi connectivity index (χ4n) is 2.11. The van der Waals surface area contributed by atoms with Crippen LogP contribution in [0.25, 0.3) is 10.8 Å². The average Bonchev–Trinajstić information content (AvgIpc) is 3.01. The van der Waals surface area contributed by atoms with Crippen molar-refractivity contribution in [3.05, 3.63) is 59.5 Å². The molecule has 0 amide bonds. The SMILES string of the molecule is O=C([O-])c1cc2ccccc2cc1NS(=O)(=O)c1cccs1. The zero-order valence-corrected chi connectivity index (χ0v) is 12.8. The Balaban J connectivity index is 2.13. The van der Waals surface area contributed by atoms with Gasteiger partial charge in [0.2, 0.25) is 0 Å². The molecule has 0 atom stereocenters. The van der Waals surface area contributed by atoms with E-state index < -0.39 is 16.0 Å². The maximum absolute atomic E-state index is 12.3. The van der Waals surface area contributed by atoms with Gasteiger partial charge in [-0.2, -0.15) is 0 Å². The molecule has 112 valence electrons. The molecule has 1 aromatic heterocycles. The molecule has 2 aromatic carbocycles. The van der Waals surface area contributed by atoms with Gasteiger partial charge >= 0.3 is 0 Å². The van der Waals surface area contributed by atoms with Crippen LogP contribution < -0.4 is 9.83 Å². The van der Waals surface area contributed by atoms with Crippen LogP contribution >= 0.6 is 11.3 Å². The summed E-state index contributed by atoms with van der Waals surface area (Å²) >= 11 is 1.05. The second-order valence-electron chi connectivity index (χ2n) is 4.57. The van der Waals surface area contributed by atoms with Crippen molar-refractivity contribution in [2.75, 3.05) is 4.72 Å². The second-order valence-corrected chi connectivity index (χ2v) is 7.43. The Morgan fingerprint density at radius 1 is 1.05 bits per heavy atom. The number of sulfonamides is 1. The minimum absolute atomic E-state index is 0.00731. The number of carbonyl (C=O) groups is 1. The van der Waals surface area contributed by atoms with E-state index in [0.717, 1.165) is 16.7 Å². The van der Waals surface area contributed by atoms with Gasteiger partial charge < -0.3 is 9.90 Å². The molecule has 0 aliphatic rings. The quantitative estimate of drug-likeness (QED) is 0.792. The average molecular weight is 332 g/mol. The highest BCUT2D eigenvalue weighted by Crippen LogP contribution is 2.27. The highest BCUT2D eigenvalue weighted by atomic mass is 32.2. The van der Waals surface area contributed by atoms with Crippen LogP contribution in [0.15, 0.2) is 58.1 Å². The first-order valence-electron chi connectivity index (χ1n) is 6.28. The molecule has 7 heteroatoms. The topological polar surface area (TPSA) is 86.3 Å². The van der Waals surface area contributed by atoms with Crippen molar-refractivity contribution >= 4 is 43.8 Å². The molecule has 3 aromatic rings. The number of hydrogen-bond donors (Lipinski definition) is 1. The van der Waals surface area contributed by atoms with Crippen molar-refractivity contribution in [1.29, 1.82) is 0 Å². The van der Waals surface area contributed by atoms with Gasteiger partial charge in [0.05, 0.1) is 11.7 Å². The largest absolute Gasteiger partial charge is 0.545 e. The van der Waals surface area contributed by atoms with E-state index in [1.165, 1.54) is 18.2 Å². The predicted octanol–water partition coefficient (Wildman–Crippen LogP) is 2.07. The predicted molar refractivity (Wildman–Crippen MR) is 83.4 cm³/mol. The lowest BCUT2D eigenvalue weighted by atomic mass is 10.1. The van der Waals surface area contributed by atoms with Crippen molar-refractivity contribution in [2.24, 2.45) is 0 Å². The fourth-order valence-corrected chi connectivity index (χ4v) is 4.17. The summed E-state index contributed by atoms with van der Waals surface area (Å²) in [5, 5.41) is 14.4. The number of nitrogens with one attached hydrogen (secondary N) is 1. The first kappa shape index (κ1) is 14.6. The molecule has 0 unspecified atom stereocenters. The van der Waals surface area contributed by atoms with Crippen LogP contribution in [0.1, 0.15) is 10.4 Å². The van der Waals surface area contributed by atoms with E-state index in [4.69, 9.17) is 0 Å². The van der Waals surface area contributed by atoms with Gasteiger partial charge in [-0.15, -0.1) is 11.3 Å². The molecule has 5 nitrogen and oxygen atoms in total. The smallest absolute Gasteiger partial charge is 0.271 e. The van der Waals surface area contributed by atoms with E-state index in [1.54, 1.807) is 35.7 Å². The van der Waals surface area contributed by atoms with Gasteiger partial charge in [-0.1, -0.05) is 30.3 Å². The molecule has 0 aliphatic carbocycles. The molecule has 0 bridgehead atoms. The van der Waals surface area contributed by atoms with Crippen molar-refractivity contribution in [3.8, 4) is 0 Å². The number of anilines is 1. The lowest BCUT2D eigenvalue weighted by Gasteiger charge is -2.14. The van der Waals surface area contributed by atoms with E-state index in [-0.39, 0.29) is 15.5 Å². The summed E-state index contributed by atoms with van der Waals surface area (Å²) < 4.78 is 27.0. The fraction of sp³-hybridized carbons (Fsp3) is 0. The number of rotatable bonds is 4. The number of carboxylic acids is 1. The summed E-state index contributed by atoms with van der Waals surface area (Å²) in [7, 11) is -3.82. The number of hydrogen-bond acceptors (Lipinski definition) is 5. The molecule has 0 saturated heterocycles. The Morgan fingerprint density at radius 3 is 2.32 bits per heavy atom. The van der Waals surface area contributed by atoms with Crippen LogP contribution in [0.4, 0.5) is 5.69 Å². The Labute approximate surface area is 130 Å². The van der Waals surface area contributed by atoms with Crippen LogP contribution in [-0.2, 0) is 10.0 Å². The monoisotopic (exact) mass is 332 g/mol. The van der Waals surface area contributed by atoms with Gasteiger partial charge in [0.15, 0.2) is 0 Å². The summed E-state index contributed by atoms with van der Waals surface area (Å²) in [6.45, 7) is 0. The maximum Gasteiger partial charge on any atom is 0.271 e. The van der Waals surface area contributed by atoms with E-state index in [2.05, 4.69) is 4.72 Å². The van der Waals surface area contributed by atoms with Crippen molar-refractivity contribution in [1.82, 2.24) is 0 Å². The number of thiophene rings is 1. The Kier molecular flexibility index (Phi) is 3.59. The third-order valence-electron chi connectivity index (χ3n) is 3.11. The summed E-state index contributed by atoms with van der Waals surface area (Å²) in [5.41, 5.74) is -0.203. The summed E-state index contributed by atoms with van der Waals surface area (Å²) in [4.78, 5) is 11.3. The summed E-state index contributed by atoms with van der Waals surface area (Å²) in [5.74, 6) is -1.44. The van der Waals surface area contributed by atoms with Crippen LogP contribution in [0.5, 0.6) is 0 Å². The van der Waals surface area contributed by atoms with Crippen LogP contribution in [-0.4, -0.2) is 14.4 Å². The molecule has 0 radical (unpaired) electrons. The Bertz CT molecular complexity index is 947. The third-order valence-corrected chi connectivity index (χ3v) is 5.87. The third kappa shape index (κ3) is 2.68. The lowest BCUT2D eigenvalue weighted by molar-refractivity contribution is -0.254. The second kappa shape index (κ2) is 5.43. The van der Waals surface area contributed by atoms with Crippen molar-refractivity contribution in [2.45, 2.75) is 4.21 Å². The molecule has 0 spiro atoms. The van der Waals surface area contributed by atoms with Gasteiger partial charge in [-0.25, -0.2) is 8.42 Å². The van der Waals surface area contributed by atoms with E-state index >= 15 is 0 Å². The van der Waals surface area contributed by atoms with Gasteiger partial charge in [-0.3, -0.25) is 4.72 Å². The summed E-state index contributed by atoms with van der Waals surface area (Å²) in [6.07, 6.45) is 0. The van der Waals surface area contributed by atoms with Gasteiger partial charge in [0.25, 0.3) is 10.0 Å². The number of benzene rings is 2. The molecular weight excluding hydrogens is 322 g/mol. The number of carboxylic acid groups (broad SMARTS) is 1. The molecule has 22 heavy (non-hydrogen) atoms. The minimum atomic E-state index is -3.82.